The highest BCUT2D eigenvalue weighted by Gasteiger charge is 2.10. The van der Waals surface area contributed by atoms with Crippen molar-refractivity contribution in [2.24, 2.45) is 5.73 Å². The van der Waals surface area contributed by atoms with Crippen LogP contribution in [0, 0.1) is 0 Å². The van der Waals surface area contributed by atoms with Gasteiger partial charge in [0.1, 0.15) is 10.0 Å². The molecule has 13 heavy (non-hydrogen) atoms. The normalized spacial score (nSPS) is 13.2. The minimum Gasteiger partial charge on any atom is -0.330 e. The van der Waals surface area contributed by atoms with Crippen molar-refractivity contribution < 1.29 is 0 Å². The summed E-state index contributed by atoms with van der Waals surface area (Å²) in [6, 6.07) is 0. The molecule has 0 aliphatic rings. The molecular weight excluding hydrogens is 182 g/mol. The Kier molecular flexibility index (Phi) is 4.32. The Balaban J connectivity index is 2.56. The minimum absolute atomic E-state index is 0.550. The van der Waals surface area contributed by atoms with Crippen LogP contribution in [0.5, 0.6) is 0 Å². The van der Waals surface area contributed by atoms with E-state index < -0.39 is 0 Å². The van der Waals surface area contributed by atoms with Gasteiger partial charge in [-0.3, -0.25) is 0 Å². The van der Waals surface area contributed by atoms with Crippen molar-refractivity contribution in [2.75, 3.05) is 6.54 Å². The van der Waals surface area contributed by atoms with Gasteiger partial charge in [-0.15, -0.1) is 21.5 Å². The first kappa shape index (κ1) is 10.6. The molecule has 0 saturated heterocycles. The second kappa shape index (κ2) is 5.29. The van der Waals surface area contributed by atoms with Crippen LogP contribution in [0.25, 0.3) is 0 Å². The summed E-state index contributed by atoms with van der Waals surface area (Å²) in [5.74, 6) is 0.550. The number of nitrogens with two attached hydrogens (primary N) is 1. The van der Waals surface area contributed by atoms with E-state index in [4.69, 9.17) is 5.73 Å². The molecule has 1 atom stereocenters. The summed E-state index contributed by atoms with van der Waals surface area (Å²) in [5, 5.41) is 10.5. The van der Waals surface area contributed by atoms with E-state index in [0.29, 0.717) is 12.5 Å². The fraction of sp³-hybridized carbons (Fsp3) is 0.778. The quantitative estimate of drug-likeness (QED) is 0.788. The van der Waals surface area contributed by atoms with E-state index in [9.17, 15) is 0 Å². The van der Waals surface area contributed by atoms with Crippen LogP contribution in [0.15, 0.2) is 0 Å². The van der Waals surface area contributed by atoms with Crippen LogP contribution in [0.2, 0.25) is 0 Å². The highest BCUT2D eigenvalue weighted by atomic mass is 32.1. The molecule has 74 valence electrons. The predicted molar refractivity (Wildman–Crippen MR) is 56.0 cm³/mol. The predicted octanol–water partition coefficient (Wildman–Crippen LogP) is 1.94. The molecule has 2 N–H and O–H groups in total. The van der Waals surface area contributed by atoms with Crippen LogP contribution in [0.3, 0.4) is 0 Å². The van der Waals surface area contributed by atoms with Crippen molar-refractivity contribution in [3.63, 3.8) is 0 Å². The van der Waals surface area contributed by atoms with E-state index in [-0.39, 0.29) is 0 Å². The number of nitrogens with zero attached hydrogens (tertiary/aromatic N) is 2. The van der Waals surface area contributed by atoms with Crippen molar-refractivity contribution in [1.82, 2.24) is 10.2 Å². The van der Waals surface area contributed by atoms with Crippen LogP contribution in [0.1, 0.15) is 42.6 Å². The molecule has 1 unspecified atom stereocenters. The summed E-state index contributed by atoms with van der Waals surface area (Å²) in [7, 11) is 0. The standard InChI is InChI=1S/C9H17N3S/c1-3-4-7(2)9-12-11-8(13-9)5-6-10/h7H,3-6,10H2,1-2H3. The van der Waals surface area contributed by atoms with Gasteiger partial charge in [-0.2, -0.15) is 0 Å². The molecule has 1 aromatic heterocycles. The van der Waals surface area contributed by atoms with Gasteiger partial charge in [0.2, 0.25) is 0 Å². The molecule has 1 rings (SSSR count). The van der Waals surface area contributed by atoms with Gasteiger partial charge in [0.05, 0.1) is 0 Å². The molecule has 0 saturated carbocycles. The van der Waals surface area contributed by atoms with Gasteiger partial charge in [-0.25, -0.2) is 0 Å². The molecule has 0 fully saturated rings. The molecule has 0 amide bonds. The van der Waals surface area contributed by atoms with Gasteiger partial charge in [-0.1, -0.05) is 20.3 Å². The molecule has 0 aliphatic carbocycles. The van der Waals surface area contributed by atoms with Crippen LogP contribution >= 0.6 is 11.3 Å². The first-order valence-electron chi connectivity index (χ1n) is 4.80. The SMILES string of the molecule is CCCC(C)c1nnc(CCN)s1. The monoisotopic (exact) mass is 199 g/mol. The van der Waals surface area contributed by atoms with Gasteiger partial charge < -0.3 is 5.73 Å². The van der Waals surface area contributed by atoms with Crippen molar-refractivity contribution in [2.45, 2.75) is 39.0 Å². The Morgan fingerprint density at radius 1 is 1.46 bits per heavy atom. The van der Waals surface area contributed by atoms with Crippen molar-refractivity contribution in [1.29, 1.82) is 0 Å². The molecule has 1 aromatic rings. The summed E-state index contributed by atoms with van der Waals surface area (Å²) in [4.78, 5) is 0. The van der Waals surface area contributed by atoms with Crippen LogP contribution in [0.4, 0.5) is 0 Å². The summed E-state index contributed by atoms with van der Waals surface area (Å²) in [5.41, 5.74) is 5.44. The smallest absolute Gasteiger partial charge is 0.120 e. The number of hydrogen-bond donors (Lipinski definition) is 1. The van der Waals surface area contributed by atoms with Gasteiger partial charge in [0.15, 0.2) is 0 Å². The maximum atomic E-state index is 5.44. The van der Waals surface area contributed by atoms with E-state index in [2.05, 4.69) is 24.0 Å². The molecule has 0 bridgehead atoms. The summed E-state index contributed by atoms with van der Waals surface area (Å²) < 4.78 is 0. The minimum atomic E-state index is 0.550. The van der Waals surface area contributed by atoms with Crippen LogP contribution in [-0.2, 0) is 6.42 Å². The zero-order valence-corrected chi connectivity index (χ0v) is 9.10. The molecule has 1 heterocycles. The largest absolute Gasteiger partial charge is 0.330 e. The van der Waals surface area contributed by atoms with E-state index in [1.807, 2.05) is 0 Å². The summed E-state index contributed by atoms with van der Waals surface area (Å²) >= 11 is 1.70. The molecule has 0 spiro atoms. The van der Waals surface area contributed by atoms with Crippen LogP contribution in [-0.4, -0.2) is 16.7 Å². The third-order valence-corrected chi connectivity index (χ3v) is 3.20. The van der Waals surface area contributed by atoms with Gasteiger partial charge in [-0.05, 0) is 13.0 Å². The molecule has 0 aromatic carbocycles. The average Bonchev–Trinajstić information content (AvgIpc) is 2.54. The van der Waals surface area contributed by atoms with E-state index >= 15 is 0 Å². The van der Waals surface area contributed by atoms with Gasteiger partial charge >= 0.3 is 0 Å². The van der Waals surface area contributed by atoms with E-state index in [1.165, 1.54) is 12.8 Å². The Labute approximate surface area is 83.4 Å². The second-order valence-electron chi connectivity index (χ2n) is 3.26. The highest BCUT2D eigenvalue weighted by molar-refractivity contribution is 7.11. The van der Waals surface area contributed by atoms with E-state index in [1.54, 1.807) is 11.3 Å². The average molecular weight is 199 g/mol. The Bertz CT molecular complexity index is 247. The maximum absolute atomic E-state index is 5.44. The first-order chi connectivity index (χ1) is 6.27. The molecule has 3 nitrogen and oxygen atoms in total. The molecule has 4 heteroatoms. The Morgan fingerprint density at radius 3 is 2.85 bits per heavy atom. The first-order valence-corrected chi connectivity index (χ1v) is 5.62. The number of rotatable bonds is 5. The summed E-state index contributed by atoms with van der Waals surface area (Å²) in [6.07, 6.45) is 3.25. The number of hydrogen-bond acceptors (Lipinski definition) is 4. The fourth-order valence-electron chi connectivity index (χ4n) is 1.25. The lowest BCUT2D eigenvalue weighted by atomic mass is 10.1. The summed E-state index contributed by atoms with van der Waals surface area (Å²) in [6.45, 7) is 5.06. The highest BCUT2D eigenvalue weighted by Crippen LogP contribution is 2.23. The van der Waals surface area contributed by atoms with Gasteiger partial charge in [0, 0.05) is 12.3 Å². The fourth-order valence-corrected chi connectivity index (χ4v) is 2.19. The third-order valence-electron chi connectivity index (χ3n) is 1.98. The molecule has 0 radical (unpaired) electrons. The Hall–Kier alpha value is -0.480. The Morgan fingerprint density at radius 2 is 2.23 bits per heavy atom. The van der Waals surface area contributed by atoms with Crippen molar-refractivity contribution >= 4 is 11.3 Å². The lowest BCUT2D eigenvalue weighted by Gasteiger charge is -2.02. The van der Waals surface area contributed by atoms with Crippen molar-refractivity contribution in [3.8, 4) is 0 Å². The van der Waals surface area contributed by atoms with Gasteiger partial charge in [0.25, 0.3) is 0 Å². The third kappa shape index (κ3) is 3.04. The molecule has 0 aliphatic heterocycles. The van der Waals surface area contributed by atoms with Crippen LogP contribution < -0.4 is 5.73 Å². The second-order valence-corrected chi connectivity index (χ2v) is 4.36. The van der Waals surface area contributed by atoms with E-state index in [0.717, 1.165) is 16.4 Å². The zero-order chi connectivity index (χ0) is 9.68. The maximum Gasteiger partial charge on any atom is 0.120 e. The zero-order valence-electron chi connectivity index (χ0n) is 8.29. The molecular formula is C9H17N3S. The topological polar surface area (TPSA) is 51.8 Å². The lowest BCUT2D eigenvalue weighted by Crippen LogP contribution is -2.01. The lowest BCUT2D eigenvalue weighted by molar-refractivity contribution is 0.653. The number of aromatic nitrogens is 2. The van der Waals surface area contributed by atoms with Crippen molar-refractivity contribution in [3.05, 3.63) is 10.0 Å².